The number of amides is 2. The molecule has 31 heavy (non-hydrogen) atoms. The van der Waals surface area contributed by atoms with E-state index in [1.165, 1.54) is 21.6 Å². The first kappa shape index (κ1) is 23.5. The van der Waals surface area contributed by atoms with E-state index in [0.29, 0.717) is 25.4 Å². The summed E-state index contributed by atoms with van der Waals surface area (Å²) in [5.41, 5.74) is 3.49. The van der Waals surface area contributed by atoms with E-state index in [9.17, 15) is 9.59 Å². The van der Waals surface area contributed by atoms with Crippen molar-refractivity contribution in [1.82, 2.24) is 9.80 Å². The molecule has 5 heteroatoms. The van der Waals surface area contributed by atoms with E-state index >= 15 is 0 Å². The molecule has 1 aromatic carbocycles. The van der Waals surface area contributed by atoms with Gasteiger partial charge in [-0.05, 0) is 52.8 Å². The van der Waals surface area contributed by atoms with Crippen LogP contribution in [0.3, 0.4) is 0 Å². The van der Waals surface area contributed by atoms with Gasteiger partial charge in [-0.1, -0.05) is 58.9 Å². The summed E-state index contributed by atoms with van der Waals surface area (Å²) in [4.78, 5) is 31.8. The Kier molecular flexibility index (Phi) is 7.25. The highest BCUT2D eigenvalue weighted by atomic mass is 32.1. The Morgan fingerprint density at radius 3 is 2.52 bits per heavy atom. The lowest BCUT2D eigenvalue weighted by Gasteiger charge is -2.38. The molecule has 0 saturated carbocycles. The normalized spacial score (nSPS) is 16.4. The van der Waals surface area contributed by atoms with Crippen LogP contribution in [-0.2, 0) is 16.0 Å². The fraction of sp³-hybridized carbons (Fsp3) is 0.538. The summed E-state index contributed by atoms with van der Waals surface area (Å²) in [7, 11) is 0. The van der Waals surface area contributed by atoms with Gasteiger partial charge in [-0.3, -0.25) is 9.59 Å². The van der Waals surface area contributed by atoms with Gasteiger partial charge in [-0.15, -0.1) is 11.3 Å². The van der Waals surface area contributed by atoms with Gasteiger partial charge >= 0.3 is 0 Å². The Bertz CT molecular complexity index is 925. The van der Waals surface area contributed by atoms with Crippen LogP contribution in [0.2, 0.25) is 0 Å². The molecule has 0 radical (unpaired) electrons. The summed E-state index contributed by atoms with van der Waals surface area (Å²) in [6.45, 7) is 13.9. The van der Waals surface area contributed by atoms with Crippen LogP contribution in [-0.4, -0.2) is 41.2 Å². The van der Waals surface area contributed by atoms with Gasteiger partial charge in [0.05, 0.1) is 12.6 Å². The van der Waals surface area contributed by atoms with Crippen molar-refractivity contribution in [2.45, 2.75) is 60.4 Å². The maximum Gasteiger partial charge on any atom is 0.242 e. The van der Waals surface area contributed by atoms with E-state index in [-0.39, 0.29) is 29.8 Å². The number of thiophene rings is 1. The van der Waals surface area contributed by atoms with Gasteiger partial charge in [0.2, 0.25) is 11.8 Å². The van der Waals surface area contributed by atoms with Crippen molar-refractivity contribution < 1.29 is 9.59 Å². The highest BCUT2D eigenvalue weighted by Gasteiger charge is 2.35. The Morgan fingerprint density at radius 1 is 1.16 bits per heavy atom. The van der Waals surface area contributed by atoms with Gasteiger partial charge < -0.3 is 9.80 Å². The molecule has 0 N–H and O–H groups in total. The van der Waals surface area contributed by atoms with Crippen LogP contribution in [0.4, 0.5) is 0 Å². The summed E-state index contributed by atoms with van der Waals surface area (Å²) in [6, 6.07) is 10.4. The molecule has 1 aromatic heterocycles. The molecule has 3 rings (SSSR count). The summed E-state index contributed by atoms with van der Waals surface area (Å²) < 4.78 is 0. The predicted octanol–water partition coefficient (Wildman–Crippen LogP) is 5.45. The highest BCUT2D eigenvalue weighted by Crippen LogP contribution is 2.39. The summed E-state index contributed by atoms with van der Waals surface area (Å²) in [5, 5.41) is 2.13. The lowest BCUT2D eigenvalue weighted by atomic mass is 9.90. The molecule has 0 spiro atoms. The first-order valence-electron chi connectivity index (χ1n) is 11.3. The second-order valence-electron chi connectivity index (χ2n) is 10.3. The molecule has 1 unspecified atom stereocenters. The first-order valence-corrected chi connectivity index (χ1v) is 12.1. The zero-order valence-corrected chi connectivity index (χ0v) is 20.6. The Morgan fingerprint density at radius 2 is 1.87 bits per heavy atom. The molecular weight excluding hydrogens is 404 g/mol. The van der Waals surface area contributed by atoms with Crippen LogP contribution >= 0.6 is 11.3 Å². The molecule has 1 atom stereocenters. The average molecular weight is 441 g/mol. The maximum atomic E-state index is 13.6. The van der Waals surface area contributed by atoms with Crippen LogP contribution in [0.25, 0.3) is 0 Å². The molecule has 2 heterocycles. The number of hydrogen-bond donors (Lipinski definition) is 0. The maximum absolute atomic E-state index is 13.6. The van der Waals surface area contributed by atoms with Crippen LogP contribution in [0.15, 0.2) is 35.7 Å². The molecular formula is C26H36N2O2S. The summed E-state index contributed by atoms with van der Waals surface area (Å²) in [6.07, 6.45) is 1.32. The SMILES string of the molecule is Cc1ccccc1C1c2ccsc2CCN1C(=O)CN(CC(C)C)C(=O)CC(C)(C)C. The molecule has 2 amide bonds. The van der Waals surface area contributed by atoms with E-state index in [1.807, 2.05) is 17.0 Å². The number of carbonyl (C=O) groups is 2. The lowest BCUT2D eigenvalue weighted by molar-refractivity contribution is -0.143. The Labute approximate surface area is 191 Å². The number of fused-ring (bicyclic) bond motifs is 1. The van der Waals surface area contributed by atoms with E-state index < -0.39 is 0 Å². The van der Waals surface area contributed by atoms with E-state index in [0.717, 1.165) is 6.42 Å². The Balaban J connectivity index is 1.89. The Hall–Kier alpha value is -2.14. The molecule has 2 aromatic rings. The minimum atomic E-state index is -0.101. The van der Waals surface area contributed by atoms with Gasteiger partial charge in [0.25, 0.3) is 0 Å². The molecule has 1 aliphatic rings. The van der Waals surface area contributed by atoms with Crippen molar-refractivity contribution in [1.29, 1.82) is 0 Å². The number of benzene rings is 1. The lowest BCUT2D eigenvalue weighted by Crippen LogP contribution is -2.48. The molecule has 0 saturated heterocycles. The second kappa shape index (κ2) is 9.56. The quantitative estimate of drug-likeness (QED) is 0.599. The van der Waals surface area contributed by atoms with Crippen LogP contribution < -0.4 is 0 Å². The van der Waals surface area contributed by atoms with Gasteiger partial charge in [0, 0.05) is 24.4 Å². The minimum absolute atomic E-state index is 0.0352. The molecule has 0 aliphatic carbocycles. The second-order valence-corrected chi connectivity index (χ2v) is 11.3. The van der Waals surface area contributed by atoms with Crippen LogP contribution in [0.1, 0.15) is 68.6 Å². The first-order chi connectivity index (χ1) is 14.6. The van der Waals surface area contributed by atoms with Crippen molar-refractivity contribution in [3.8, 4) is 0 Å². The van der Waals surface area contributed by atoms with Crippen LogP contribution in [0, 0.1) is 18.3 Å². The van der Waals surface area contributed by atoms with Crippen molar-refractivity contribution >= 4 is 23.2 Å². The summed E-state index contributed by atoms with van der Waals surface area (Å²) >= 11 is 1.77. The van der Waals surface area contributed by atoms with Crippen molar-refractivity contribution in [2.24, 2.45) is 11.3 Å². The van der Waals surface area contributed by atoms with Crippen molar-refractivity contribution in [2.75, 3.05) is 19.6 Å². The molecule has 4 nitrogen and oxygen atoms in total. The highest BCUT2D eigenvalue weighted by molar-refractivity contribution is 7.10. The topological polar surface area (TPSA) is 40.6 Å². The molecule has 1 aliphatic heterocycles. The molecule has 168 valence electrons. The third-order valence-corrected chi connectivity index (χ3v) is 6.71. The van der Waals surface area contributed by atoms with Gasteiger partial charge in [0.1, 0.15) is 0 Å². The zero-order chi connectivity index (χ0) is 22.8. The predicted molar refractivity (Wildman–Crippen MR) is 128 cm³/mol. The summed E-state index contributed by atoms with van der Waals surface area (Å²) in [5.74, 6) is 0.414. The smallest absolute Gasteiger partial charge is 0.242 e. The third-order valence-electron chi connectivity index (χ3n) is 5.72. The monoisotopic (exact) mass is 440 g/mol. The number of carbonyl (C=O) groups excluding carboxylic acids is 2. The van der Waals surface area contributed by atoms with Gasteiger partial charge in [0.15, 0.2) is 0 Å². The molecule has 0 bridgehead atoms. The van der Waals surface area contributed by atoms with E-state index in [2.05, 4.69) is 65.1 Å². The number of hydrogen-bond acceptors (Lipinski definition) is 3. The standard InChI is InChI=1S/C26H36N2O2S/c1-18(2)16-27(23(29)15-26(4,5)6)17-24(30)28-13-11-22-21(12-14-31-22)25(28)20-10-8-7-9-19(20)3/h7-10,12,14,18,25H,11,13,15-17H2,1-6H3. The number of aryl methyl sites for hydroxylation is 1. The average Bonchev–Trinajstić information content (AvgIpc) is 3.14. The third kappa shape index (κ3) is 5.76. The van der Waals surface area contributed by atoms with Gasteiger partial charge in [-0.25, -0.2) is 0 Å². The van der Waals surface area contributed by atoms with E-state index in [4.69, 9.17) is 0 Å². The largest absolute Gasteiger partial charge is 0.333 e. The molecule has 0 fully saturated rings. The van der Waals surface area contributed by atoms with Gasteiger partial charge in [-0.2, -0.15) is 0 Å². The number of rotatable bonds is 6. The van der Waals surface area contributed by atoms with Crippen LogP contribution in [0.5, 0.6) is 0 Å². The fourth-order valence-corrected chi connectivity index (χ4v) is 5.23. The zero-order valence-electron chi connectivity index (χ0n) is 19.8. The van der Waals surface area contributed by atoms with E-state index in [1.54, 1.807) is 16.2 Å². The van der Waals surface area contributed by atoms with Crippen molar-refractivity contribution in [3.63, 3.8) is 0 Å². The van der Waals surface area contributed by atoms with Crippen molar-refractivity contribution in [3.05, 3.63) is 57.3 Å². The number of nitrogens with zero attached hydrogens (tertiary/aromatic N) is 2. The fourth-order valence-electron chi connectivity index (χ4n) is 4.33. The minimum Gasteiger partial charge on any atom is -0.333 e.